The predicted octanol–water partition coefficient (Wildman–Crippen LogP) is 0.747. The molecule has 2 aromatic rings. The number of ether oxygens (including phenoxy) is 1. The highest BCUT2D eigenvalue weighted by molar-refractivity contribution is 5.79. The summed E-state index contributed by atoms with van der Waals surface area (Å²) in [6, 6.07) is 5.80. The molecule has 0 saturated carbocycles. The van der Waals surface area contributed by atoms with Crippen molar-refractivity contribution in [2.45, 2.75) is 44.9 Å². The number of pyridine rings is 1. The zero-order valence-electron chi connectivity index (χ0n) is 15.6. The Morgan fingerprint density at radius 1 is 1.26 bits per heavy atom. The molecule has 0 bridgehead atoms. The van der Waals surface area contributed by atoms with Gasteiger partial charge in [-0.3, -0.25) is 14.3 Å². The Bertz CT molecular complexity index is 852. The largest absolute Gasteiger partial charge is 0.372 e. The van der Waals surface area contributed by atoms with E-state index in [4.69, 9.17) is 4.74 Å². The highest BCUT2D eigenvalue weighted by Gasteiger charge is 2.32. The predicted molar refractivity (Wildman–Crippen MR) is 97.9 cm³/mol. The average Bonchev–Trinajstić information content (AvgIpc) is 3.00. The molecule has 0 aromatic carbocycles. The van der Waals surface area contributed by atoms with E-state index < -0.39 is 0 Å². The van der Waals surface area contributed by atoms with Crippen LogP contribution in [-0.4, -0.2) is 49.3 Å². The Morgan fingerprint density at radius 3 is 2.81 bits per heavy atom. The molecule has 0 spiro atoms. The Morgan fingerprint density at radius 2 is 2.07 bits per heavy atom. The first-order valence-electron chi connectivity index (χ1n) is 9.55. The molecule has 1 atom stereocenters. The van der Waals surface area contributed by atoms with Gasteiger partial charge in [-0.15, -0.1) is 0 Å². The number of nitrogens with zero attached hydrogens (tertiary/aromatic N) is 5. The standard InChI is InChI=1S/C19H25N5O3/c1-22-19(26)24-12-14(5-6-17(24)21-22)18(25)23-10-7-16(8-11-23)27-13-15-4-2-3-9-20-15/h2-4,9,14,16H,5-8,10-13H2,1H3/t14-/m0/s1. The van der Waals surface area contributed by atoms with Gasteiger partial charge in [0.25, 0.3) is 0 Å². The lowest BCUT2D eigenvalue weighted by molar-refractivity contribution is -0.139. The Balaban J connectivity index is 1.29. The molecule has 8 heteroatoms. The van der Waals surface area contributed by atoms with Gasteiger partial charge in [0.05, 0.1) is 24.3 Å². The number of carbonyl (C=O) groups is 1. The van der Waals surface area contributed by atoms with Crippen LogP contribution >= 0.6 is 0 Å². The molecule has 2 aromatic heterocycles. The van der Waals surface area contributed by atoms with Gasteiger partial charge in [0.15, 0.2) is 0 Å². The lowest BCUT2D eigenvalue weighted by Gasteiger charge is -2.35. The van der Waals surface area contributed by atoms with Gasteiger partial charge in [-0.05, 0) is 31.4 Å². The normalized spacial score (nSPS) is 20.5. The molecule has 2 aliphatic heterocycles. The third kappa shape index (κ3) is 3.80. The summed E-state index contributed by atoms with van der Waals surface area (Å²) in [5, 5.41) is 4.23. The highest BCUT2D eigenvalue weighted by atomic mass is 16.5. The zero-order chi connectivity index (χ0) is 18.8. The van der Waals surface area contributed by atoms with Crippen LogP contribution in [0.15, 0.2) is 29.2 Å². The molecule has 4 heterocycles. The van der Waals surface area contributed by atoms with Gasteiger partial charge in [-0.1, -0.05) is 6.07 Å². The Kier molecular flexibility index (Phi) is 5.07. The van der Waals surface area contributed by atoms with Crippen molar-refractivity contribution in [3.05, 3.63) is 46.4 Å². The van der Waals surface area contributed by atoms with Crippen LogP contribution in [-0.2, 0) is 36.2 Å². The third-order valence-electron chi connectivity index (χ3n) is 5.50. The number of aromatic nitrogens is 4. The fourth-order valence-corrected chi connectivity index (χ4v) is 3.93. The molecule has 1 amide bonds. The van der Waals surface area contributed by atoms with Crippen LogP contribution in [0, 0.1) is 5.92 Å². The van der Waals surface area contributed by atoms with E-state index in [0.29, 0.717) is 32.7 Å². The molecular weight excluding hydrogens is 346 g/mol. The van der Waals surface area contributed by atoms with E-state index in [1.807, 2.05) is 23.1 Å². The Labute approximate surface area is 157 Å². The van der Waals surface area contributed by atoms with E-state index in [0.717, 1.165) is 30.8 Å². The van der Waals surface area contributed by atoms with Crippen molar-refractivity contribution in [2.75, 3.05) is 13.1 Å². The third-order valence-corrected chi connectivity index (χ3v) is 5.50. The fourth-order valence-electron chi connectivity index (χ4n) is 3.93. The molecule has 0 aliphatic carbocycles. The van der Waals surface area contributed by atoms with Gasteiger partial charge < -0.3 is 9.64 Å². The van der Waals surface area contributed by atoms with Crippen molar-refractivity contribution in [3.8, 4) is 0 Å². The summed E-state index contributed by atoms with van der Waals surface area (Å²) >= 11 is 0. The van der Waals surface area contributed by atoms with Crippen LogP contribution in [0.25, 0.3) is 0 Å². The minimum atomic E-state index is -0.135. The van der Waals surface area contributed by atoms with Gasteiger partial charge >= 0.3 is 5.69 Å². The Hall–Kier alpha value is -2.48. The van der Waals surface area contributed by atoms with Crippen molar-refractivity contribution < 1.29 is 9.53 Å². The van der Waals surface area contributed by atoms with Crippen LogP contribution in [0.4, 0.5) is 0 Å². The smallest absolute Gasteiger partial charge is 0.345 e. The van der Waals surface area contributed by atoms with Gasteiger partial charge in [0.2, 0.25) is 5.91 Å². The van der Waals surface area contributed by atoms with Gasteiger partial charge in [0, 0.05) is 39.3 Å². The summed E-state index contributed by atoms with van der Waals surface area (Å²) in [6.07, 6.45) is 5.03. The van der Waals surface area contributed by atoms with Crippen LogP contribution in [0.5, 0.6) is 0 Å². The molecule has 27 heavy (non-hydrogen) atoms. The second-order valence-electron chi connectivity index (χ2n) is 7.33. The molecule has 2 aliphatic rings. The maximum absolute atomic E-state index is 12.9. The summed E-state index contributed by atoms with van der Waals surface area (Å²) in [4.78, 5) is 31.2. The summed E-state index contributed by atoms with van der Waals surface area (Å²) in [5.74, 6) is 0.804. The number of fused-ring (bicyclic) bond motifs is 1. The molecule has 4 rings (SSSR count). The first-order chi connectivity index (χ1) is 13.1. The summed E-state index contributed by atoms with van der Waals surface area (Å²) in [7, 11) is 1.65. The van der Waals surface area contributed by atoms with Crippen LogP contribution in [0.3, 0.4) is 0 Å². The molecule has 0 unspecified atom stereocenters. The van der Waals surface area contributed by atoms with Crippen molar-refractivity contribution in [2.24, 2.45) is 13.0 Å². The van der Waals surface area contributed by atoms with Gasteiger partial charge in [-0.2, -0.15) is 5.10 Å². The van der Waals surface area contributed by atoms with E-state index in [1.165, 1.54) is 4.68 Å². The second-order valence-corrected chi connectivity index (χ2v) is 7.33. The highest BCUT2D eigenvalue weighted by Crippen LogP contribution is 2.22. The number of piperidine rings is 1. The number of rotatable bonds is 4. The molecule has 8 nitrogen and oxygen atoms in total. The maximum atomic E-state index is 12.9. The van der Waals surface area contributed by atoms with Crippen molar-refractivity contribution >= 4 is 5.91 Å². The molecule has 0 radical (unpaired) electrons. The first-order valence-corrected chi connectivity index (χ1v) is 9.55. The minimum absolute atomic E-state index is 0.134. The molecule has 144 valence electrons. The van der Waals surface area contributed by atoms with Crippen LogP contribution < -0.4 is 5.69 Å². The zero-order valence-corrected chi connectivity index (χ0v) is 15.6. The van der Waals surface area contributed by atoms with E-state index in [2.05, 4.69) is 10.1 Å². The van der Waals surface area contributed by atoms with Gasteiger partial charge in [0.1, 0.15) is 5.82 Å². The molecule has 0 N–H and O–H groups in total. The van der Waals surface area contributed by atoms with Gasteiger partial charge in [-0.25, -0.2) is 9.48 Å². The number of aryl methyl sites for hydroxylation is 2. The average molecular weight is 371 g/mol. The SMILES string of the molecule is Cn1nc2n(c1=O)C[C@@H](C(=O)N1CCC(OCc3ccccn3)CC1)CC2. The number of carbonyl (C=O) groups excluding carboxylic acids is 1. The number of hydrogen-bond donors (Lipinski definition) is 0. The first kappa shape index (κ1) is 17.9. The van der Waals surface area contributed by atoms with Crippen molar-refractivity contribution in [1.82, 2.24) is 24.2 Å². The fraction of sp³-hybridized carbons (Fsp3) is 0.579. The molecule has 1 fully saturated rings. The summed E-state index contributed by atoms with van der Waals surface area (Å²) < 4.78 is 8.95. The second kappa shape index (κ2) is 7.64. The summed E-state index contributed by atoms with van der Waals surface area (Å²) in [5.41, 5.74) is 0.792. The minimum Gasteiger partial charge on any atom is -0.372 e. The van der Waals surface area contributed by atoms with Crippen molar-refractivity contribution in [3.63, 3.8) is 0 Å². The lowest BCUT2D eigenvalue weighted by Crippen LogP contribution is -2.46. The van der Waals surface area contributed by atoms with Crippen molar-refractivity contribution in [1.29, 1.82) is 0 Å². The number of likely N-dealkylation sites (tertiary alicyclic amines) is 1. The monoisotopic (exact) mass is 371 g/mol. The van der Waals surface area contributed by atoms with Crippen LogP contribution in [0.1, 0.15) is 30.8 Å². The van der Waals surface area contributed by atoms with E-state index in [-0.39, 0.29) is 23.6 Å². The number of hydrogen-bond acceptors (Lipinski definition) is 5. The lowest BCUT2D eigenvalue weighted by atomic mass is 9.96. The van der Waals surface area contributed by atoms with Crippen LogP contribution in [0.2, 0.25) is 0 Å². The molecular formula is C19H25N5O3. The topological polar surface area (TPSA) is 82.2 Å². The van der Waals surface area contributed by atoms with E-state index in [9.17, 15) is 9.59 Å². The van der Waals surface area contributed by atoms with E-state index >= 15 is 0 Å². The summed E-state index contributed by atoms with van der Waals surface area (Å²) in [6.45, 7) is 2.36. The molecule has 1 saturated heterocycles. The maximum Gasteiger partial charge on any atom is 0.345 e. The van der Waals surface area contributed by atoms with E-state index in [1.54, 1.807) is 17.8 Å². The number of amides is 1. The quantitative estimate of drug-likeness (QED) is 0.792.